The number of ether oxygens (including phenoxy) is 1. The van der Waals surface area contributed by atoms with Crippen molar-refractivity contribution in [1.29, 1.82) is 0 Å². The highest BCUT2D eigenvalue weighted by Gasteiger charge is 2.21. The molecule has 90 valence electrons. The van der Waals surface area contributed by atoms with Crippen molar-refractivity contribution in [3.63, 3.8) is 0 Å². The third-order valence-corrected chi connectivity index (χ3v) is 2.77. The average molecular weight is 214 g/mol. The van der Waals surface area contributed by atoms with Crippen molar-refractivity contribution >= 4 is 0 Å². The van der Waals surface area contributed by atoms with Crippen molar-refractivity contribution in [2.75, 3.05) is 33.8 Å². The Morgan fingerprint density at radius 3 is 2.67 bits per heavy atom. The van der Waals surface area contributed by atoms with Crippen molar-refractivity contribution in [3.05, 3.63) is 0 Å². The summed E-state index contributed by atoms with van der Waals surface area (Å²) in [5.74, 6) is 0. The molecule has 1 saturated carbocycles. The van der Waals surface area contributed by atoms with Crippen LogP contribution >= 0.6 is 0 Å². The quantitative estimate of drug-likeness (QED) is 0.589. The van der Waals surface area contributed by atoms with Crippen LogP contribution in [-0.4, -0.2) is 50.8 Å². The van der Waals surface area contributed by atoms with E-state index in [9.17, 15) is 0 Å². The molecule has 0 aromatic heterocycles. The maximum absolute atomic E-state index is 5.83. The number of hydrogen-bond acceptors (Lipinski definition) is 3. The van der Waals surface area contributed by atoms with Gasteiger partial charge in [0.25, 0.3) is 0 Å². The van der Waals surface area contributed by atoms with E-state index in [1.807, 2.05) is 0 Å². The molecule has 1 N–H and O–H groups in total. The summed E-state index contributed by atoms with van der Waals surface area (Å²) in [6.07, 6.45) is 5.37. The van der Waals surface area contributed by atoms with Gasteiger partial charge >= 0.3 is 0 Å². The van der Waals surface area contributed by atoms with Crippen molar-refractivity contribution in [3.8, 4) is 0 Å². The molecule has 3 nitrogen and oxygen atoms in total. The van der Waals surface area contributed by atoms with Gasteiger partial charge in [-0.3, -0.25) is 0 Å². The molecular formula is C12H26N2O. The molecule has 15 heavy (non-hydrogen) atoms. The molecule has 0 aliphatic heterocycles. The van der Waals surface area contributed by atoms with E-state index in [1.165, 1.54) is 12.8 Å². The summed E-state index contributed by atoms with van der Waals surface area (Å²) in [7, 11) is 4.21. The van der Waals surface area contributed by atoms with E-state index >= 15 is 0 Å². The predicted molar refractivity (Wildman–Crippen MR) is 64.2 cm³/mol. The molecule has 1 aliphatic carbocycles. The third-order valence-electron chi connectivity index (χ3n) is 2.77. The zero-order chi connectivity index (χ0) is 11.1. The molecule has 0 heterocycles. The first kappa shape index (κ1) is 12.9. The first-order valence-corrected chi connectivity index (χ1v) is 6.22. The van der Waals surface area contributed by atoms with Crippen molar-refractivity contribution in [1.82, 2.24) is 10.2 Å². The van der Waals surface area contributed by atoms with E-state index < -0.39 is 0 Å². The lowest BCUT2D eigenvalue weighted by Crippen LogP contribution is -2.30. The lowest BCUT2D eigenvalue weighted by Gasteiger charge is -2.17. The fraction of sp³-hybridized carbons (Fsp3) is 1.00. The molecule has 0 bridgehead atoms. The SMILES string of the molecule is CCC(CNC1CC1)OCCCN(C)C. The van der Waals surface area contributed by atoms with Gasteiger partial charge in [-0.05, 0) is 46.3 Å². The van der Waals surface area contributed by atoms with Crippen LogP contribution in [0, 0.1) is 0 Å². The highest BCUT2D eigenvalue weighted by molar-refractivity contribution is 4.81. The Bertz CT molecular complexity index is 158. The van der Waals surface area contributed by atoms with Gasteiger partial charge in [0.1, 0.15) is 0 Å². The summed E-state index contributed by atoms with van der Waals surface area (Å²) in [6.45, 7) is 5.24. The molecule has 1 fully saturated rings. The van der Waals surface area contributed by atoms with E-state index in [1.54, 1.807) is 0 Å². The lowest BCUT2D eigenvalue weighted by molar-refractivity contribution is 0.0462. The summed E-state index contributed by atoms with van der Waals surface area (Å²) in [4.78, 5) is 2.20. The fourth-order valence-corrected chi connectivity index (χ4v) is 1.54. The zero-order valence-electron chi connectivity index (χ0n) is 10.5. The maximum atomic E-state index is 5.83. The highest BCUT2D eigenvalue weighted by atomic mass is 16.5. The van der Waals surface area contributed by atoms with Crippen LogP contribution in [0.3, 0.4) is 0 Å². The predicted octanol–water partition coefficient (Wildman–Crippen LogP) is 1.49. The van der Waals surface area contributed by atoms with Crippen LogP contribution in [0.5, 0.6) is 0 Å². The molecule has 0 aromatic carbocycles. The molecule has 0 spiro atoms. The monoisotopic (exact) mass is 214 g/mol. The molecule has 1 aliphatic rings. The molecule has 0 radical (unpaired) electrons. The van der Waals surface area contributed by atoms with Gasteiger partial charge in [0.2, 0.25) is 0 Å². The van der Waals surface area contributed by atoms with Crippen molar-refractivity contribution < 1.29 is 4.74 Å². The zero-order valence-corrected chi connectivity index (χ0v) is 10.5. The van der Waals surface area contributed by atoms with E-state index in [2.05, 4.69) is 31.2 Å². The normalized spacial score (nSPS) is 18.4. The second-order valence-corrected chi connectivity index (χ2v) is 4.74. The number of nitrogens with zero attached hydrogens (tertiary/aromatic N) is 1. The van der Waals surface area contributed by atoms with Crippen molar-refractivity contribution in [2.24, 2.45) is 0 Å². The number of hydrogen-bond donors (Lipinski definition) is 1. The average Bonchev–Trinajstić information content (AvgIpc) is 3.00. The minimum atomic E-state index is 0.410. The Labute approximate surface area is 94.2 Å². The number of rotatable bonds is 9. The fourth-order valence-electron chi connectivity index (χ4n) is 1.54. The van der Waals surface area contributed by atoms with Crippen molar-refractivity contribution in [2.45, 2.75) is 44.8 Å². The summed E-state index contributed by atoms with van der Waals surface area (Å²) in [6, 6.07) is 0.796. The van der Waals surface area contributed by atoms with Gasteiger partial charge < -0.3 is 15.0 Å². The van der Waals surface area contributed by atoms with E-state index in [0.717, 1.165) is 38.6 Å². The van der Waals surface area contributed by atoms with Gasteiger partial charge in [0.15, 0.2) is 0 Å². The molecule has 1 rings (SSSR count). The summed E-state index contributed by atoms with van der Waals surface area (Å²) < 4.78 is 5.83. The van der Waals surface area contributed by atoms with Crippen LogP contribution in [0.1, 0.15) is 32.6 Å². The van der Waals surface area contributed by atoms with Gasteiger partial charge in [-0.2, -0.15) is 0 Å². The Morgan fingerprint density at radius 1 is 1.40 bits per heavy atom. The smallest absolute Gasteiger partial charge is 0.0696 e. The van der Waals surface area contributed by atoms with Gasteiger partial charge in [-0.15, -0.1) is 0 Å². The molecule has 0 aromatic rings. The summed E-state index contributed by atoms with van der Waals surface area (Å²) >= 11 is 0. The van der Waals surface area contributed by atoms with Crippen LogP contribution in [0.2, 0.25) is 0 Å². The largest absolute Gasteiger partial charge is 0.377 e. The minimum Gasteiger partial charge on any atom is -0.377 e. The van der Waals surface area contributed by atoms with E-state index in [0.29, 0.717) is 6.10 Å². The van der Waals surface area contributed by atoms with Gasteiger partial charge in [-0.25, -0.2) is 0 Å². The first-order chi connectivity index (χ1) is 7.22. The molecule has 1 atom stereocenters. The lowest BCUT2D eigenvalue weighted by atomic mass is 10.2. The van der Waals surface area contributed by atoms with Crippen LogP contribution in [0.25, 0.3) is 0 Å². The van der Waals surface area contributed by atoms with Crippen LogP contribution < -0.4 is 5.32 Å². The Kier molecular flexibility index (Phi) is 6.22. The van der Waals surface area contributed by atoms with Crippen LogP contribution in [0.15, 0.2) is 0 Å². The van der Waals surface area contributed by atoms with Gasteiger partial charge in [0, 0.05) is 19.2 Å². The third kappa shape index (κ3) is 6.88. The van der Waals surface area contributed by atoms with Crippen LogP contribution in [-0.2, 0) is 4.74 Å². The minimum absolute atomic E-state index is 0.410. The van der Waals surface area contributed by atoms with Gasteiger partial charge in [0.05, 0.1) is 6.10 Å². The maximum Gasteiger partial charge on any atom is 0.0696 e. The Morgan fingerprint density at radius 2 is 2.13 bits per heavy atom. The first-order valence-electron chi connectivity index (χ1n) is 6.22. The molecule has 0 amide bonds. The number of nitrogens with one attached hydrogen (secondary N) is 1. The topological polar surface area (TPSA) is 24.5 Å². The van der Waals surface area contributed by atoms with E-state index in [-0.39, 0.29) is 0 Å². The molecular weight excluding hydrogens is 188 g/mol. The summed E-state index contributed by atoms with van der Waals surface area (Å²) in [5, 5.41) is 3.52. The summed E-state index contributed by atoms with van der Waals surface area (Å²) in [5.41, 5.74) is 0. The van der Waals surface area contributed by atoms with Crippen LogP contribution in [0.4, 0.5) is 0 Å². The molecule has 0 saturated heterocycles. The standard InChI is InChI=1S/C12H26N2O/c1-4-12(10-13-11-6-7-11)15-9-5-8-14(2)3/h11-13H,4-10H2,1-3H3. The Hall–Kier alpha value is -0.120. The molecule has 1 unspecified atom stereocenters. The molecule has 3 heteroatoms. The van der Waals surface area contributed by atoms with E-state index in [4.69, 9.17) is 4.74 Å². The highest BCUT2D eigenvalue weighted by Crippen LogP contribution is 2.18. The second kappa shape index (κ2) is 7.20. The Balaban J connectivity index is 1.94. The van der Waals surface area contributed by atoms with Gasteiger partial charge in [-0.1, -0.05) is 6.92 Å². The second-order valence-electron chi connectivity index (χ2n) is 4.74.